The second kappa shape index (κ2) is 14.9. The Morgan fingerprint density at radius 3 is 2.54 bits per heavy atom. The summed E-state index contributed by atoms with van der Waals surface area (Å²) in [4.78, 5) is 26.1. The maximum Gasteiger partial charge on any atom is 0.327 e. The summed E-state index contributed by atoms with van der Waals surface area (Å²) in [7, 11) is 2.87. The van der Waals surface area contributed by atoms with E-state index in [0.717, 1.165) is 0 Å². The first-order chi connectivity index (χ1) is 12.3. The maximum atomic E-state index is 12.0. The van der Waals surface area contributed by atoms with Crippen LogP contribution in [0.3, 0.4) is 0 Å². The molecule has 0 unspecified atom stereocenters. The molecule has 0 saturated heterocycles. The number of amides is 1. The van der Waals surface area contributed by atoms with Gasteiger partial charge in [-0.2, -0.15) is 0 Å². The van der Waals surface area contributed by atoms with Crippen molar-refractivity contribution in [3.63, 3.8) is 0 Å². The molecule has 1 atom stereocenters. The molecule has 0 aromatic carbocycles. The molecule has 0 radical (unpaired) electrons. The number of nitrogens with zero attached hydrogens (tertiary/aromatic N) is 3. The fourth-order valence-corrected chi connectivity index (χ4v) is 4.17. The number of nitrogens with one attached hydrogen (secondary N) is 1. The fraction of sp³-hybridized carbons (Fsp3) is 0.857. The lowest BCUT2D eigenvalue weighted by Crippen LogP contribution is -2.52. The standard InChI is InChI=1S/C14H27N5O5S2/c1-14(2,26-25-10-4-15)12(13(21)22)18-11(20)3-6-23-8-9-24-7-5-17-19-16/h12H,3-10,15H2,1-2H3,(H,18,20)(H,21,22)/t12-/m1/s1. The van der Waals surface area contributed by atoms with Gasteiger partial charge >= 0.3 is 5.97 Å². The molecule has 150 valence electrons. The minimum absolute atomic E-state index is 0.0548. The molecule has 0 rings (SSSR count). The molecule has 0 fully saturated rings. The van der Waals surface area contributed by atoms with Crippen LogP contribution in [-0.4, -0.2) is 73.0 Å². The number of hydrogen-bond acceptors (Lipinski definition) is 8. The van der Waals surface area contributed by atoms with Crippen molar-refractivity contribution in [2.45, 2.75) is 31.1 Å². The average Bonchev–Trinajstić information content (AvgIpc) is 2.58. The highest BCUT2D eigenvalue weighted by Gasteiger charge is 2.37. The zero-order valence-electron chi connectivity index (χ0n) is 15.0. The van der Waals surface area contributed by atoms with Gasteiger partial charge in [0.25, 0.3) is 0 Å². The van der Waals surface area contributed by atoms with Crippen LogP contribution >= 0.6 is 21.6 Å². The molecule has 12 heteroatoms. The third kappa shape index (κ3) is 12.2. The van der Waals surface area contributed by atoms with Gasteiger partial charge in [0.15, 0.2) is 0 Å². The molecular weight excluding hydrogens is 382 g/mol. The zero-order chi connectivity index (χ0) is 19.8. The van der Waals surface area contributed by atoms with E-state index in [1.807, 2.05) is 0 Å². The minimum atomic E-state index is -1.08. The fourth-order valence-electron chi connectivity index (χ4n) is 1.69. The van der Waals surface area contributed by atoms with Crippen molar-refractivity contribution < 1.29 is 24.2 Å². The number of nitrogens with two attached hydrogens (primary N) is 1. The maximum absolute atomic E-state index is 12.0. The highest BCUT2D eigenvalue weighted by atomic mass is 33.1. The van der Waals surface area contributed by atoms with Crippen LogP contribution in [0, 0.1) is 0 Å². The minimum Gasteiger partial charge on any atom is -0.480 e. The molecule has 0 aliphatic carbocycles. The highest BCUT2D eigenvalue weighted by Crippen LogP contribution is 2.37. The number of rotatable bonds is 16. The van der Waals surface area contributed by atoms with Crippen molar-refractivity contribution in [2.24, 2.45) is 10.8 Å². The number of carbonyl (C=O) groups is 2. The molecular formula is C14H27N5O5S2. The predicted molar refractivity (Wildman–Crippen MR) is 103 cm³/mol. The summed E-state index contributed by atoms with van der Waals surface area (Å²) in [5.41, 5.74) is 13.5. The summed E-state index contributed by atoms with van der Waals surface area (Å²) in [6, 6.07) is -1.02. The van der Waals surface area contributed by atoms with Gasteiger partial charge in [0.1, 0.15) is 6.04 Å². The van der Waals surface area contributed by atoms with E-state index in [1.165, 1.54) is 21.6 Å². The van der Waals surface area contributed by atoms with Crippen LogP contribution in [0.2, 0.25) is 0 Å². The first kappa shape index (κ1) is 24.8. The van der Waals surface area contributed by atoms with Gasteiger partial charge in [0.05, 0.1) is 31.2 Å². The summed E-state index contributed by atoms with van der Waals surface area (Å²) in [6.07, 6.45) is 0.0548. The van der Waals surface area contributed by atoms with E-state index >= 15 is 0 Å². The van der Waals surface area contributed by atoms with Gasteiger partial charge in [-0.3, -0.25) is 4.79 Å². The number of carbonyl (C=O) groups excluding carboxylic acids is 1. The summed E-state index contributed by atoms with van der Waals surface area (Å²) >= 11 is 0. The number of hydrogen-bond donors (Lipinski definition) is 3. The Bertz CT molecular complexity index is 475. The van der Waals surface area contributed by atoms with Crippen LogP contribution in [0.4, 0.5) is 0 Å². The molecule has 0 saturated carbocycles. The Labute approximate surface area is 160 Å². The molecule has 1 amide bonds. The Morgan fingerprint density at radius 1 is 1.31 bits per heavy atom. The van der Waals surface area contributed by atoms with E-state index in [-0.39, 0.29) is 25.5 Å². The van der Waals surface area contributed by atoms with E-state index in [2.05, 4.69) is 15.3 Å². The topological polar surface area (TPSA) is 160 Å². The average molecular weight is 410 g/mol. The van der Waals surface area contributed by atoms with E-state index in [0.29, 0.717) is 32.1 Å². The first-order valence-electron chi connectivity index (χ1n) is 8.04. The molecule has 0 aromatic heterocycles. The Kier molecular flexibility index (Phi) is 14.3. The molecule has 0 aromatic rings. The summed E-state index contributed by atoms with van der Waals surface area (Å²) in [5, 5.41) is 15.3. The number of carboxylic acids is 1. The highest BCUT2D eigenvalue weighted by molar-refractivity contribution is 8.77. The van der Waals surface area contributed by atoms with Gasteiger partial charge < -0.3 is 25.6 Å². The smallest absolute Gasteiger partial charge is 0.327 e. The summed E-state index contributed by atoms with van der Waals surface area (Å²) < 4.78 is 9.71. The first-order valence-corrected chi connectivity index (χ1v) is 10.4. The van der Waals surface area contributed by atoms with Gasteiger partial charge in [0, 0.05) is 30.2 Å². The lowest BCUT2D eigenvalue weighted by atomic mass is 10.0. The second-order valence-corrected chi connectivity index (χ2v) is 8.64. The second-order valence-electron chi connectivity index (χ2n) is 5.57. The van der Waals surface area contributed by atoms with Gasteiger partial charge in [-0.1, -0.05) is 26.7 Å². The van der Waals surface area contributed by atoms with Crippen LogP contribution in [-0.2, 0) is 19.1 Å². The summed E-state index contributed by atoms with van der Waals surface area (Å²) in [6.45, 7) is 5.38. The normalized spacial score (nSPS) is 12.3. The third-order valence-corrected chi connectivity index (χ3v) is 6.29. The zero-order valence-corrected chi connectivity index (χ0v) is 16.7. The predicted octanol–water partition coefficient (Wildman–Crippen LogP) is 1.41. The molecule has 10 nitrogen and oxygen atoms in total. The lowest BCUT2D eigenvalue weighted by molar-refractivity contribution is -0.142. The van der Waals surface area contributed by atoms with E-state index in [9.17, 15) is 14.7 Å². The molecule has 0 spiro atoms. The van der Waals surface area contributed by atoms with Gasteiger partial charge in [-0.05, 0) is 19.4 Å². The Morgan fingerprint density at radius 2 is 1.96 bits per heavy atom. The Hall–Kier alpha value is -1.17. The number of azide groups is 1. The molecule has 0 aliphatic heterocycles. The number of carboxylic acid groups (broad SMARTS) is 1. The van der Waals surface area contributed by atoms with Crippen molar-refractivity contribution in [1.82, 2.24) is 5.32 Å². The van der Waals surface area contributed by atoms with Crippen LogP contribution in [0.25, 0.3) is 10.4 Å². The SMILES string of the molecule is CC(C)(SSCCN)[C@H](NC(=O)CCOCCOCCN=[N+]=[N-])C(=O)O. The molecule has 0 heterocycles. The van der Waals surface area contributed by atoms with Crippen molar-refractivity contribution >= 4 is 33.5 Å². The van der Waals surface area contributed by atoms with Gasteiger partial charge in [-0.25, -0.2) is 4.79 Å². The lowest BCUT2D eigenvalue weighted by Gasteiger charge is -2.30. The van der Waals surface area contributed by atoms with Gasteiger partial charge in [-0.15, -0.1) is 0 Å². The van der Waals surface area contributed by atoms with E-state index in [4.69, 9.17) is 20.7 Å². The van der Waals surface area contributed by atoms with Crippen molar-refractivity contribution in [3.05, 3.63) is 10.4 Å². The molecule has 0 aliphatic rings. The van der Waals surface area contributed by atoms with Crippen molar-refractivity contribution in [1.29, 1.82) is 0 Å². The van der Waals surface area contributed by atoms with Crippen LogP contribution in [0.15, 0.2) is 5.11 Å². The molecule has 0 bridgehead atoms. The summed E-state index contributed by atoms with van der Waals surface area (Å²) in [5.74, 6) is -0.773. The largest absolute Gasteiger partial charge is 0.480 e. The van der Waals surface area contributed by atoms with Crippen LogP contribution < -0.4 is 11.1 Å². The van der Waals surface area contributed by atoms with Gasteiger partial charge in [0.2, 0.25) is 5.91 Å². The molecule has 4 N–H and O–H groups in total. The van der Waals surface area contributed by atoms with E-state index < -0.39 is 16.8 Å². The van der Waals surface area contributed by atoms with Crippen molar-refractivity contribution in [2.75, 3.05) is 45.3 Å². The van der Waals surface area contributed by atoms with E-state index in [1.54, 1.807) is 13.8 Å². The number of ether oxygens (including phenoxy) is 2. The van der Waals surface area contributed by atoms with Crippen molar-refractivity contribution in [3.8, 4) is 0 Å². The van der Waals surface area contributed by atoms with Crippen LogP contribution in [0.1, 0.15) is 20.3 Å². The third-order valence-electron chi connectivity index (χ3n) is 2.97. The van der Waals surface area contributed by atoms with Crippen LogP contribution in [0.5, 0.6) is 0 Å². The molecule has 26 heavy (non-hydrogen) atoms. The quantitative estimate of drug-likeness (QED) is 0.113. The Balaban J connectivity index is 4.08. The monoisotopic (exact) mass is 409 g/mol. The number of aliphatic carboxylic acids is 1.